The van der Waals surface area contributed by atoms with Gasteiger partial charge < -0.3 is 0 Å². The molecule has 3 nitrogen and oxygen atoms in total. The molecule has 1 unspecified atom stereocenters. The number of benzene rings is 3. The molecule has 1 heterocycles. The van der Waals surface area contributed by atoms with Crippen LogP contribution in [0.4, 0.5) is 5.69 Å². The Balaban J connectivity index is 2.01. The number of para-hydroxylation sites is 1. The van der Waals surface area contributed by atoms with E-state index < -0.39 is 5.54 Å². The fourth-order valence-electron chi connectivity index (χ4n) is 3.67. The van der Waals surface area contributed by atoms with Crippen molar-refractivity contribution in [1.29, 1.82) is 5.26 Å². The molecule has 0 amide bonds. The predicted octanol–water partition coefficient (Wildman–Crippen LogP) is 4.52. The van der Waals surface area contributed by atoms with Crippen LogP contribution < -0.4 is 5.06 Å². The maximum absolute atomic E-state index is 9.93. The van der Waals surface area contributed by atoms with Gasteiger partial charge >= 0.3 is 0 Å². The van der Waals surface area contributed by atoms with Gasteiger partial charge in [0.05, 0.1) is 18.4 Å². The van der Waals surface area contributed by atoms with E-state index >= 15 is 0 Å². The van der Waals surface area contributed by atoms with Crippen LogP contribution in [-0.2, 0) is 10.4 Å². The van der Waals surface area contributed by atoms with Crippen molar-refractivity contribution in [2.45, 2.75) is 5.54 Å². The van der Waals surface area contributed by atoms with Gasteiger partial charge in [0.15, 0.2) is 0 Å². The summed E-state index contributed by atoms with van der Waals surface area (Å²) in [5.41, 5.74) is 2.36. The van der Waals surface area contributed by atoms with Crippen LogP contribution in [0.3, 0.4) is 0 Å². The number of hydroxylamine groups is 1. The summed E-state index contributed by atoms with van der Waals surface area (Å²) in [6.45, 7) is 0.356. The number of nitrogens with zero attached hydrogens (tertiary/aromatic N) is 2. The van der Waals surface area contributed by atoms with Crippen molar-refractivity contribution in [3.63, 3.8) is 0 Å². The smallest absolute Gasteiger partial charge is 0.135 e. The van der Waals surface area contributed by atoms with Crippen molar-refractivity contribution in [3.8, 4) is 6.07 Å². The molecule has 4 rings (SSSR count). The molecular weight excluding hydrogens is 308 g/mol. The van der Waals surface area contributed by atoms with Gasteiger partial charge in [-0.1, -0.05) is 78.9 Å². The van der Waals surface area contributed by atoms with E-state index in [1.54, 1.807) is 0 Å². The molecule has 3 aromatic carbocycles. The summed E-state index contributed by atoms with van der Waals surface area (Å²) >= 11 is 0. The van der Waals surface area contributed by atoms with Crippen LogP contribution in [0.5, 0.6) is 0 Å². The zero-order valence-electron chi connectivity index (χ0n) is 13.7. The van der Waals surface area contributed by atoms with Crippen LogP contribution in [0.15, 0.2) is 91.0 Å². The van der Waals surface area contributed by atoms with Crippen LogP contribution in [0.2, 0.25) is 0 Å². The minimum Gasteiger partial charge on any atom is -0.271 e. The fourth-order valence-corrected chi connectivity index (χ4v) is 3.67. The van der Waals surface area contributed by atoms with E-state index in [2.05, 4.69) is 30.3 Å². The Morgan fingerprint density at radius 2 is 1.28 bits per heavy atom. The van der Waals surface area contributed by atoms with E-state index in [1.807, 2.05) is 71.8 Å². The predicted molar refractivity (Wildman–Crippen MR) is 97.6 cm³/mol. The van der Waals surface area contributed by atoms with E-state index in [9.17, 15) is 5.26 Å². The number of nitriles is 1. The Morgan fingerprint density at radius 3 is 1.76 bits per heavy atom. The van der Waals surface area contributed by atoms with Gasteiger partial charge in [0.25, 0.3) is 0 Å². The average Bonchev–Trinajstić information content (AvgIpc) is 3.10. The van der Waals surface area contributed by atoms with Crippen molar-refractivity contribution in [1.82, 2.24) is 0 Å². The second-order valence-corrected chi connectivity index (χ2v) is 6.11. The topological polar surface area (TPSA) is 36.3 Å². The van der Waals surface area contributed by atoms with E-state index in [1.165, 1.54) is 0 Å². The Kier molecular flexibility index (Phi) is 3.97. The van der Waals surface area contributed by atoms with Crippen molar-refractivity contribution >= 4 is 5.69 Å². The number of hydrogen-bond donors (Lipinski definition) is 0. The maximum atomic E-state index is 9.93. The Labute approximate surface area is 147 Å². The molecular formula is C22H18N2O. The molecule has 3 heteroatoms. The third kappa shape index (κ3) is 2.39. The SMILES string of the molecule is N#CC1CON(c2ccccc2)C1(c1ccccc1)c1ccccc1. The molecule has 1 aliphatic rings. The van der Waals surface area contributed by atoms with Crippen LogP contribution in [-0.4, -0.2) is 6.61 Å². The minimum absolute atomic E-state index is 0.322. The second-order valence-electron chi connectivity index (χ2n) is 6.11. The molecule has 1 atom stereocenters. The van der Waals surface area contributed by atoms with Crippen molar-refractivity contribution in [2.24, 2.45) is 5.92 Å². The van der Waals surface area contributed by atoms with Gasteiger partial charge in [-0.2, -0.15) is 5.26 Å². The lowest BCUT2D eigenvalue weighted by Gasteiger charge is -2.40. The largest absolute Gasteiger partial charge is 0.271 e. The Morgan fingerprint density at radius 1 is 0.800 bits per heavy atom. The second kappa shape index (κ2) is 6.43. The first-order valence-corrected chi connectivity index (χ1v) is 8.36. The lowest BCUT2D eigenvalue weighted by atomic mass is 9.74. The van der Waals surface area contributed by atoms with Crippen molar-refractivity contribution < 1.29 is 4.84 Å². The highest BCUT2D eigenvalue weighted by Gasteiger charge is 2.53. The molecule has 1 saturated heterocycles. The van der Waals surface area contributed by atoms with Gasteiger partial charge in [-0.15, -0.1) is 0 Å². The number of hydrogen-bond acceptors (Lipinski definition) is 3. The first-order valence-electron chi connectivity index (χ1n) is 8.36. The lowest BCUT2D eigenvalue weighted by Crippen LogP contribution is -2.46. The Hall–Kier alpha value is -3.09. The molecule has 25 heavy (non-hydrogen) atoms. The average molecular weight is 326 g/mol. The summed E-state index contributed by atoms with van der Waals surface area (Å²) in [6.07, 6.45) is 0. The molecule has 3 aromatic rings. The van der Waals surface area contributed by atoms with Gasteiger partial charge in [0.2, 0.25) is 0 Å². The fraction of sp³-hybridized carbons (Fsp3) is 0.136. The Bertz CT molecular complexity index is 833. The first-order chi connectivity index (χ1) is 12.4. The highest BCUT2D eigenvalue weighted by atomic mass is 16.7. The van der Waals surface area contributed by atoms with E-state index in [4.69, 9.17) is 4.84 Å². The first kappa shape index (κ1) is 15.4. The molecule has 1 fully saturated rings. The molecule has 0 radical (unpaired) electrons. The van der Waals surface area contributed by atoms with Crippen LogP contribution in [0.1, 0.15) is 11.1 Å². The molecule has 0 N–H and O–H groups in total. The van der Waals surface area contributed by atoms with Crippen molar-refractivity contribution in [3.05, 3.63) is 102 Å². The molecule has 1 aliphatic heterocycles. The van der Waals surface area contributed by atoms with Gasteiger partial charge in [-0.05, 0) is 23.3 Å². The third-order valence-electron chi connectivity index (χ3n) is 4.77. The molecule has 0 spiro atoms. The number of rotatable bonds is 3. The van der Waals surface area contributed by atoms with E-state index in [0.717, 1.165) is 16.8 Å². The maximum Gasteiger partial charge on any atom is 0.135 e. The quantitative estimate of drug-likeness (QED) is 0.710. The summed E-state index contributed by atoms with van der Waals surface area (Å²) in [5, 5.41) is 11.8. The summed E-state index contributed by atoms with van der Waals surface area (Å²) in [4.78, 5) is 6.08. The summed E-state index contributed by atoms with van der Waals surface area (Å²) in [7, 11) is 0. The molecule has 0 saturated carbocycles. The van der Waals surface area contributed by atoms with Gasteiger partial charge in [-0.25, -0.2) is 5.06 Å². The minimum atomic E-state index is -0.682. The van der Waals surface area contributed by atoms with Gasteiger partial charge in [0.1, 0.15) is 11.5 Å². The lowest BCUT2D eigenvalue weighted by molar-refractivity contribution is 0.145. The van der Waals surface area contributed by atoms with E-state index in [0.29, 0.717) is 6.61 Å². The third-order valence-corrected chi connectivity index (χ3v) is 4.77. The number of anilines is 1. The highest BCUT2D eigenvalue weighted by Crippen LogP contribution is 2.48. The molecule has 122 valence electrons. The summed E-state index contributed by atoms with van der Waals surface area (Å²) < 4.78 is 0. The van der Waals surface area contributed by atoms with Gasteiger partial charge in [0, 0.05) is 0 Å². The highest BCUT2D eigenvalue weighted by molar-refractivity contribution is 5.57. The summed E-state index contributed by atoms with van der Waals surface area (Å²) in [6, 6.07) is 32.8. The molecule has 0 aliphatic carbocycles. The zero-order valence-corrected chi connectivity index (χ0v) is 13.7. The zero-order chi connectivity index (χ0) is 17.1. The standard InChI is InChI=1S/C22H18N2O/c23-16-20-17-25-24(21-14-8-3-9-15-21)22(20,18-10-4-1-5-11-18)19-12-6-2-7-13-19/h1-15,20H,17H2. The van der Waals surface area contributed by atoms with Crippen LogP contribution in [0, 0.1) is 17.2 Å². The molecule has 0 bridgehead atoms. The van der Waals surface area contributed by atoms with Crippen molar-refractivity contribution in [2.75, 3.05) is 11.7 Å². The normalized spacial score (nSPS) is 18.7. The summed E-state index contributed by atoms with van der Waals surface area (Å²) in [5.74, 6) is -0.322. The van der Waals surface area contributed by atoms with Crippen LogP contribution in [0.25, 0.3) is 0 Å². The van der Waals surface area contributed by atoms with Crippen LogP contribution >= 0.6 is 0 Å². The van der Waals surface area contributed by atoms with E-state index in [-0.39, 0.29) is 5.92 Å². The monoisotopic (exact) mass is 326 g/mol. The molecule has 0 aromatic heterocycles. The van der Waals surface area contributed by atoms with Gasteiger partial charge in [-0.3, -0.25) is 4.84 Å².